The van der Waals surface area contributed by atoms with Gasteiger partial charge >= 0.3 is 0 Å². The summed E-state index contributed by atoms with van der Waals surface area (Å²) in [6.45, 7) is 0. The predicted molar refractivity (Wildman–Crippen MR) is 46.2 cm³/mol. The smallest absolute Gasteiger partial charge is 0.191 e. The Kier molecular flexibility index (Phi) is 3.14. The van der Waals surface area contributed by atoms with E-state index in [1.54, 1.807) is 41.5 Å². The first kappa shape index (κ1) is 7.46. The Morgan fingerprint density at radius 3 is 3.10 bits per heavy atom. The van der Waals surface area contributed by atoms with Crippen LogP contribution in [0.25, 0.3) is 6.08 Å². The third-order valence-corrected chi connectivity index (χ3v) is 1.18. The third kappa shape index (κ3) is 2.30. The van der Waals surface area contributed by atoms with Gasteiger partial charge in [-0.3, -0.25) is 0 Å². The lowest BCUT2D eigenvalue weighted by Crippen LogP contribution is -1.81. The van der Waals surface area contributed by atoms with Gasteiger partial charge in [0.25, 0.3) is 0 Å². The minimum Gasteiger partial charge on any atom is -0.436 e. The number of rotatable bonds is 2. The standard InChI is InChI=1S/C6H5IN2O/c7-10-5-3-6-2-1-4-8-9-6/h1-5H/b5-3-. The van der Waals surface area contributed by atoms with Crippen LogP contribution < -0.4 is 0 Å². The Morgan fingerprint density at radius 2 is 2.50 bits per heavy atom. The van der Waals surface area contributed by atoms with Gasteiger partial charge in [-0.2, -0.15) is 10.2 Å². The first-order valence-electron chi connectivity index (χ1n) is 2.65. The van der Waals surface area contributed by atoms with Gasteiger partial charge in [-0.1, -0.05) is 0 Å². The molecule has 1 rings (SSSR count). The van der Waals surface area contributed by atoms with Crippen molar-refractivity contribution in [1.29, 1.82) is 0 Å². The average molecular weight is 248 g/mol. The lowest BCUT2D eigenvalue weighted by Gasteiger charge is -1.86. The highest BCUT2D eigenvalue weighted by Gasteiger charge is 1.82. The molecule has 0 atom stereocenters. The molecule has 0 aromatic carbocycles. The van der Waals surface area contributed by atoms with Crippen molar-refractivity contribution in [2.45, 2.75) is 0 Å². The second kappa shape index (κ2) is 4.21. The molecule has 1 aromatic heterocycles. The molecule has 4 heteroatoms. The minimum absolute atomic E-state index is 0.791. The maximum Gasteiger partial charge on any atom is 0.191 e. The molecule has 0 aliphatic carbocycles. The van der Waals surface area contributed by atoms with Crippen molar-refractivity contribution in [2.24, 2.45) is 0 Å². The SMILES string of the molecule is IO/C=C\c1cccnn1. The van der Waals surface area contributed by atoms with E-state index in [0.29, 0.717) is 0 Å². The molecule has 0 spiro atoms. The van der Waals surface area contributed by atoms with Crippen LogP contribution in [-0.2, 0) is 3.07 Å². The second-order valence-corrected chi connectivity index (χ2v) is 2.05. The quantitative estimate of drug-likeness (QED) is 0.591. The summed E-state index contributed by atoms with van der Waals surface area (Å²) in [5.41, 5.74) is 0.791. The molecule has 0 unspecified atom stereocenters. The molecule has 10 heavy (non-hydrogen) atoms. The van der Waals surface area contributed by atoms with Crippen LogP contribution in [0.4, 0.5) is 0 Å². The molecule has 0 aliphatic rings. The van der Waals surface area contributed by atoms with Crippen LogP contribution >= 0.6 is 23.0 Å². The van der Waals surface area contributed by atoms with E-state index in [1.165, 1.54) is 0 Å². The van der Waals surface area contributed by atoms with Gasteiger partial charge < -0.3 is 3.07 Å². The average Bonchev–Trinajstić information content (AvgIpc) is 2.03. The van der Waals surface area contributed by atoms with Crippen LogP contribution in [0, 0.1) is 0 Å². The van der Waals surface area contributed by atoms with Crippen molar-refractivity contribution in [3.05, 3.63) is 30.3 Å². The van der Waals surface area contributed by atoms with Gasteiger partial charge in [0.1, 0.15) is 0 Å². The second-order valence-electron chi connectivity index (χ2n) is 1.54. The molecule has 0 aliphatic heterocycles. The molecular weight excluding hydrogens is 243 g/mol. The highest BCUT2D eigenvalue weighted by Crippen LogP contribution is 1.96. The van der Waals surface area contributed by atoms with Crippen molar-refractivity contribution in [1.82, 2.24) is 10.2 Å². The fourth-order valence-corrected chi connectivity index (χ4v) is 0.645. The van der Waals surface area contributed by atoms with Gasteiger partial charge in [0, 0.05) is 12.3 Å². The summed E-state index contributed by atoms with van der Waals surface area (Å²) in [4.78, 5) is 0. The number of nitrogens with zero attached hydrogens (tertiary/aromatic N) is 2. The van der Waals surface area contributed by atoms with Crippen molar-refractivity contribution in [3.8, 4) is 0 Å². The number of aromatic nitrogens is 2. The summed E-state index contributed by atoms with van der Waals surface area (Å²) in [7, 11) is 0. The lowest BCUT2D eigenvalue weighted by atomic mass is 10.4. The van der Waals surface area contributed by atoms with Crippen LogP contribution in [0.3, 0.4) is 0 Å². The number of hydrogen-bond donors (Lipinski definition) is 0. The molecule has 0 amide bonds. The fourth-order valence-electron chi connectivity index (χ4n) is 0.498. The minimum atomic E-state index is 0.791. The third-order valence-electron chi connectivity index (χ3n) is 0.883. The van der Waals surface area contributed by atoms with Gasteiger partial charge in [-0.25, -0.2) is 0 Å². The molecule has 0 fully saturated rings. The van der Waals surface area contributed by atoms with E-state index in [0.717, 1.165) is 5.69 Å². The van der Waals surface area contributed by atoms with Gasteiger partial charge in [-0.05, 0) is 12.1 Å². The Morgan fingerprint density at radius 1 is 1.60 bits per heavy atom. The van der Waals surface area contributed by atoms with E-state index in [4.69, 9.17) is 0 Å². The molecule has 1 aromatic rings. The molecule has 52 valence electrons. The molecule has 0 bridgehead atoms. The van der Waals surface area contributed by atoms with Gasteiger partial charge in [0.15, 0.2) is 23.0 Å². The van der Waals surface area contributed by atoms with Crippen molar-refractivity contribution >= 4 is 29.1 Å². The summed E-state index contributed by atoms with van der Waals surface area (Å²) >= 11 is 1.78. The van der Waals surface area contributed by atoms with E-state index >= 15 is 0 Å². The zero-order valence-corrected chi connectivity index (χ0v) is 7.22. The fraction of sp³-hybridized carbons (Fsp3) is 0. The Hall–Kier alpha value is -0.650. The van der Waals surface area contributed by atoms with E-state index in [9.17, 15) is 0 Å². The topological polar surface area (TPSA) is 35.0 Å². The van der Waals surface area contributed by atoms with Crippen molar-refractivity contribution < 1.29 is 3.07 Å². The molecule has 0 radical (unpaired) electrons. The summed E-state index contributed by atoms with van der Waals surface area (Å²) in [5.74, 6) is 0. The first-order valence-corrected chi connectivity index (χ1v) is 3.53. The van der Waals surface area contributed by atoms with Crippen molar-refractivity contribution in [2.75, 3.05) is 0 Å². The van der Waals surface area contributed by atoms with Crippen LogP contribution in [0.5, 0.6) is 0 Å². The van der Waals surface area contributed by atoms with E-state index in [2.05, 4.69) is 13.3 Å². The summed E-state index contributed by atoms with van der Waals surface area (Å²) < 4.78 is 4.67. The first-order chi connectivity index (χ1) is 4.93. The highest BCUT2D eigenvalue weighted by atomic mass is 127. The van der Waals surface area contributed by atoms with Gasteiger partial charge in [-0.15, -0.1) is 0 Å². The Labute approximate surface area is 72.8 Å². The van der Waals surface area contributed by atoms with E-state index in [1.807, 2.05) is 12.1 Å². The van der Waals surface area contributed by atoms with E-state index in [-0.39, 0.29) is 0 Å². The zero-order valence-electron chi connectivity index (χ0n) is 5.07. The summed E-state index contributed by atoms with van der Waals surface area (Å²) in [6.07, 6.45) is 4.91. The summed E-state index contributed by atoms with van der Waals surface area (Å²) in [6, 6.07) is 3.67. The normalized spacial score (nSPS) is 10.1. The largest absolute Gasteiger partial charge is 0.436 e. The lowest BCUT2D eigenvalue weighted by molar-refractivity contribution is 0.642. The zero-order chi connectivity index (χ0) is 7.23. The van der Waals surface area contributed by atoms with Crippen LogP contribution in [0.1, 0.15) is 5.69 Å². The molecule has 0 saturated carbocycles. The highest BCUT2D eigenvalue weighted by molar-refractivity contribution is 14.1. The van der Waals surface area contributed by atoms with Crippen molar-refractivity contribution in [3.63, 3.8) is 0 Å². The molecular formula is C6H5IN2O. The van der Waals surface area contributed by atoms with Crippen LogP contribution in [-0.4, -0.2) is 10.2 Å². The molecule has 1 heterocycles. The Bertz CT molecular complexity index is 212. The van der Waals surface area contributed by atoms with Gasteiger partial charge in [0.2, 0.25) is 0 Å². The molecule has 0 N–H and O–H groups in total. The Balaban J connectivity index is 2.67. The predicted octanol–water partition coefficient (Wildman–Crippen LogP) is 1.81. The maximum atomic E-state index is 4.67. The van der Waals surface area contributed by atoms with E-state index < -0.39 is 0 Å². The molecule has 0 saturated heterocycles. The number of hydrogen-bond acceptors (Lipinski definition) is 3. The summed E-state index contributed by atoms with van der Waals surface area (Å²) in [5, 5.41) is 7.47. The number of halogens is 1. The van der Waals surface area contributed by atoms with Gasteiger partial charge in [0.05, 0.1) is 12.0 Å². The molecule has 3 nitrogen and oxygen atoms in total. The van der Waals surface area contributed by atoms with Crippen LogP contribution in [0.2, 0.25) is 0 Å². The monoisotopic (exact) mass is 248 g/mol. The maximum absolute atomic E-state index is 4.67. The van der Waals surface area contributed by atoms with Crippen LogP contribution in [0.15, 0.2) is 24.6 Å².